The first-order chi connectivity index (χ1) is 9.59. The van der Waals surface area contributed by atoms with E-state index in [2.05, 4.69) is 0 Å². The number of phenols is 2. The number of nitro benzene ring substituents is 1. The number of hydrogen-bond acceptors (Lipinski definition) is 7. The Labute approximate surface area is 123 Å². The molecule has 1 aromatic rings. The summed E-state index contributed by atoms with van der Waals surface area (Å²) in [4.78, 5) is 31.2. The summed E-state index contributed by atoms with van der Waals surface area (Å²) in [5.41, 5.74) is -1.48. The van der Waals surface area contributed by atoms with Gasteiger partial charge in [-0.05, 0) is 20.8 Å². The minimum atomic E-state index is -1.00. The highest BCUT2D eigenvalue weighted by molar-refractivity contribution is 6.48. The number of rotatable bonds is 4. The van der Waals surface area contributed by atoms with Gasteiger partial charge in [0.05, 0.1) is 22.0 Å². The topological polar surface area (TPSA) is 130 Å². The second kappa shape index (κ2) is 6.10. The van der Waals surface area contributed by atoms with E-state index < -0.39 is 49.9 Å². The number of ether oxygens (including phenoxy) is 1. The van der Waals surface area contributed by atoms with Gasteiger partial charge in [-0.3, -0.25) is 14.9 Å². The molecule has 0 aliphatic carbocycles. The monoisotopic (exact) mass is 313 g/mol. The summed E-state index contributed by atoms with van der Waals surface area (Å²) in [6.45, 7) is 4.37. The Hall–Kier alpha value is -2.13. The fraction of sp³-hybridized carbons (Fsp3) is 0.417. The average molecular weight is 313 g/mol. The standard InChI is InChI=1S/C12H15NO7Si/c1-12(2,3)11(16)20-5-6-7(13(17)18)4-8(14)9(15)10(6)21-19/h4,14-15,19H,5H2,1-3H3. The molecule has 0 aromatic heterocycles. The molecule has 0 aliphatic rings. The van der Waals surface area contributed by atoms with Crippen molar-refractivity contribution < 1.29 is 29.5 Å². The van der Waals surface area contributed by atoms with E-state index in [1.807, 2.05) is 0 Å². The van der Waals surface area contributed by atoms with E-state index in [9.17, 15) is 29.9 Å². The van der Waals surface area contributed by atoms with Crippen molar-refractivity contribution in [2.45, 2.75) is 27.4 Å². The summed E-state index contributed by atoms with van der Waals surface area (Å²) in [6.07, 6.45) is 0. The molecule has 1 aromatic carbocycles. The zero-order valence-corrected chi connectivity index (χ0v) is 12.7. The Kier molecular flexibility index (Phi) is 4.91. The van der Waals surface area contributed by atoms with Gasteiger partial charge in [0.15, 0.2) is 11.5 Å². The highest BCUT2D eigenvalue weighted by atomic mass is 28.2. The maximum atomic E-state index is 11.7. The summed E-state index contributed by atoms with van der Waals surface area (Å²) in [6, 6.07) is 0.749. The highest BCUT2D eigenvalue weighted by Crippen LogP contribution is 2.31. The normalized spacial score (nSPS) is 11.2. The number of benzene rings is 1. The number of carbonyl (C=O) groups is 1. The number of phenolic OH excluding ortho intramolecular Hbond substituents is 2. The van der Waals surface area contributed by atoms with Crippen LogP contribution < -0.4 is 5.19 Å². The van der Waals surface area contributed by atoms with E-state index in [4.69, 9.17) is 4.74 Å². The molecular weight excluding hydrogens is 298 g/mol. The second-order valence-corrected chi connectivity index (χ2v) is 6.04. The molecule has 8 nitrogen and oxygen atoms in total. The summed E-state index contributed by atoms with van der Waals surface area (Å²) in [7, 11) is -1.00. The van der Waals surface area contributed by atoms with Crippen LogP contribution in [0.4, 0.5) is 5.69 Å². The largest absolute Gasteiger partial charge is 0.504 e. The summed E-state index contributed by atoms with van der Waals surface area (Å²) < 4.78 is 4.98. The lowest BCUT2D eigenvalue weighted by Gasteiger charge is -2.17. The second-order valence-electron chi connectivity index (χ2n) is 5.31. The molecule has 2 radical (unpaired) electrons. The molecule has 9 heteroatoms. The van der Waals surface area contributed by atoms with Crippen molar-refractivity contribution in [3.63, 3.8) is 0 Å². The van der Waals surface area contributed by atoms with Gasteiger partial charge < -0.3 is 19.7 Å². The van der Waals surface area contributed by atoms with Gasteiger partial charge in [-0.2, -0.15) is 0 Å². The van der Waals surface area contributed by atoms with Crippen molar-refractivity contribution in [3.05, 3.63) is 21.7 Å². The van der Waals surface area contributed by atoms with Gasteiger partial charge in [0.25, 0.3) is 15.5 Å². The van der Waals surface area contributed by atoms with Gasteiger partial charge in [-0.15, -0.1) is 0 Å². The van der Waals surface area contributed by atoms with Crippen LogP contribution in [0.15, 0.2) is 6.07 Å². The first kappa shape index (κ1) is 16.9. The van der Waals surface area contributed by atoms with Crippen LogP contribution in [0.3, 0.4) is 0 Å². The molecular formula is C12H15NO7Si. The van der Waals surface area contributed by atoms with E-state index in [-0.39, 0.29) is 10.8 Å². The minimum absolute atomic E-state index is 0.145. The molecule has 0 atom stereocenters. The number of hydrogen-bond donors (Lipinski definition) is 3. The SMILES string of the molecule is CC(C)(C)C(=O)OCc1c([N+](=O)[O-])cc(O)c(O)c1[Si]O. The van der Waals surface area contributed by atoms with Gasteiger partial charge in [0.1, 0.15) is 6.61 Å². The molecule has 0 fully saturated rings. The van der Waals surface area contributed by atoms with Gasteiger partial charge >= 0.3 is 5.97 Å². The molecule has 21 heavy (non-hydrogen) atoms. The van der Waals surface area contributed by atoms with Gasteiger partial charge in [0, 0.05) is 5.19 Å². The molecule has 0 unspecified atom stereocenters. The minimum Gasteiger partial charge on any atom is -0.504 e. The van der Waals surface area contributed by atoms with Crippen LogP contribution in [0.1, 0.15) is 26.3 Å². The maximum absolute atomic E-state index is 11.7. The first-order valence-electron chi connectivity index (χ1n) is 5.89. The smallest absolute Gasteiger partial charge is 0.311 e. The van der Waals surface area contributed by atoms with E-state index in [0.717, 1.165) is 6.07 Å². The number of carbonyl (C=O) groups excluding carboxylic acids is 1. The fourth-order valence-electron chi connectivity index (χ4n) is 1.47. The number of nitro groups is 1. The number of aromatic hydroxyl groups is 2. The van der Waals surface area contributed by atoms with Crippen molar-refractivity contribution in [2.24, 2.45) is 5.41 Å². The Balaban J connectivity index is 3.24. The molecule has 0 heterocycles. The molecule has 1 rings (SSSR count). The van der Waals surface area contributed by atoms with E-state index in [0.29, 0.717) is 0 Å². The van der Waals surface area contributed by atoms with Crippen LogP contribution in [0.5, 0.6) is 11.5 Å². The quantitative estimate of drug-likeness (QED) is 0.240. The lowest BCUT2D eigenvalue weighted by molar-refractivity contribution is -0.385. The molecule has 3 N–H and O–H groups in total. The van der Waals surface area contributed by atoms with Crippen LogP contribution in [0, 0.1) is 15.5 Å². The Morgan fingerprint density at radius 1 is 1.43 bits per heavy atom. The Bertz CT molecular complexity index is 580. The van der Waals surface area contributed by atoms with Crippen LogP contribution in [0.2, 0.25) is 0 Å². The predicted octanol–water partition coefficient (Wildman–Crippen LogP) is 0.332. The van der Waals surface area contributed by atoms with E-state index >= 15 is 0 Å². The van der Waals surface area contributed by atoms with Crippen LogP contribution in [-0.4, -0.2) is 35.7 Å². The van der Waals surface area contributed by atoms with Crippen molar-refractivity contribution in [3.8, 4) is 11.5 Å². The van der Waals surface area contributed by atoms with Crippen LogP contribution in [-0.2, 0) is 16.1 Å². The third-order valence-electron chi connectivity index (χ3n) is 2.63. The average Bonchev–Trinajstić information content (AvgIpc) is 2.37. The zero-order valence-electron chi connectivity index (χ0n) is 11.7. The third kappa shape index (κ3) is 3.70. The van der Waals surface area contributed by atoms with Crippen molar-refractivity contribution in [2.75, 3.05) is 0 Å². The molecule has 0 spiro atoms. The molecule has 114 valence electrons. The lowest BCUT2D eigenvalue weighted by Crippen LogP contribution is -2.26. The number of nitrogens with zero attached hydrogens (tertiary/aromatic N) is 1. The van der Waals surface area contributed by atoms with Crippen LogP contribution >= 0.6 is 0 Å². The number of esters is 1. The summed E-state index contributed by atoms with van der Waals surface area (Å²) >= 11 is 0. The molecule has 0 aliphatic heterocycles. The van der Waals surface area contributed by atoms with Gasteiger partial charge in [-0.25, -0.2) is 0 Å². The molecule has 0 bridgehead atoms. The zero-order chi connectivity index (χ0) is 16.4. The van der Waals surface area contributed by atoms with Crippen molar-refractivity contribution in [1.29, 1.82) is 0 Å². The lowest BCUT2D eigenvalue weighted by atomic mass is 9.97. The summed E-state index contributed by atoms with van der Waals surface area (Å²) in [5, 5.41) is 29.8. The maximum Gasteiger partial charge on any atom is 0.311 e. The fourth-order valence-corrected chi connectivity index (χ4v) is 2.04. The van der Waals surface area contributed by atoms with Crippen molar-refractivity contribution in [1.82, 2.24) is 0 Å². The highest BCUT2D eigenvalue weighted by Gasteiger charge is 2.28. The van der Waals surface area contributed by atoms with E-state index in [1.54, 1.807) is 20.8 Å². The first-order valence-corrected chi connectivity index (χ1v) is 6.83. The predicted molar refractivity (Wildman–Crippen MR) is 73.3 cm³/mol. The third-order valence-corrected chi connectivity index (χ3v) is 3.39. The molecule has 0 saturated heterocycles. The summed E-state index contributed by atoms with van der Waals surface area (Å²) in [5.74, 6) is -1.97. The van der Waals surface area contributed by atoms with E-state index in [1.165, 1.54) is 0 Å². The Morgan fingerprint density at radius 3 is 2.43 bits per heavy atom. The van der Waals surface area contributed by atoms with Crippen molar-refractivity contribution >= 4 is 26.6 Å². The molecule has 0 amide bonds. The molecule has 0 saturated carbocycles. The van der Waals surface area contributed by atoms with Gasteiger partial charge in [0.2, 0.25) is 0 Å². The van der Waals surface area contributed by atoms with Crippen LogP contribution in [0.25, 0.3) is 0 Å². The van der Waals surface area contributed by atoms with Gasteiger partial charge in [-0.1, -0.05) is 0 Å². The Morgan fingerprint density at radius 2 is 2.00 bits per heavy atom.